The van der Waals surface area contributed by atoms with E-state index in [1.54, 1.807) is 0 Å². The molecule has 0 bridgehead atoms. The van der Waals surface area contributed by atoms with Gasteiger partial charge in [-0.3, -0.25) is 14.3 Å². The molecule has 1 saturated heterocycles. The van der Waals surface area contributed by atoms with Crippen LogP contribution in [0.4, 0.5) is 0 Å². The second-order valence-corrected chi connectivity index (χ2v) is 7.62. The SMILES string of the molecule is CC(C)(C)n1nc(C(=O)N[C@H]2CCCCNC2=O)cc1C1CC1. The molecule has 1 saturated carbocycles. The van der Waals surface area contributed by atoms with Crippen molar-refractivity contribution in [3.05, 3.63) is 17.5 Å². The van der Waals surface area contributed by atoms with Gasteiger partial charge in [0.25, 0.3) is 5.91 Å². The summed E-state index contributed by atoms with van der Waals surface area (Å²) in [6.45, 7) is 6.96. The highest BCUT2D eigenvalue weighted by Gasteiger charge is 2.33. The molecule has 2 aliphatic rings. The Labute approximate surface area is 137 Å². The molecule has 23 heavy (non-hydrogen) atoms. The molecule has 126 valence electrons. The van der Waals surface area contributed by atoms with E-state index in [2.05, 4.69) is 36.5 Å². The molecule has 2 fully saturated rings. The number of hydrogen-bond acceptors (Lipinski definition) is 3. The highest BCUT2D eigenvalue weighted by molar-refractivity contribution is 5.96. The predicted octanol–water partition coefficient (Wildman–Crippen LogP) is 1.91. The minimum absolute atomic E-state index is 0.0893. The number of rotatable bonds is 3. The fraction of sp³-hybridized carbons (Fsp3) is 0.706. The molecule has 0 unspecified atom stereocenters. The number of aromatic nitrogens is 2. The third-order valence-electron chi connectivity index (χ3n) is 4.44. The molecule has 6 nitrogen and oxygen atoms in total. The van der Waals surface area contributed by atoms with Crippen molar-refractivity contribution in [3.8, 4) is 0 Å². The summed E-state index contributed by atoms with van der Waals surface area (Å²) in [5.74, 6) is 0.176. The lowest BCUT2D eigenvalue weighted by Gasteiger charge is -2.22. The molecule has 1 aliphatic heterocycles. The summed E-state index contributed by atoms with van der Waals surface area (Å²) in [4.78, 5) is 24.5. The van der Waals surface area contributed by atoms with Gasteiger partial charge in [0.05, 0.1) is 5.54 Å². The van der Waals surface area contributed by atoms with Gasteiger partial charge in [0.15, 0.2) is 0 Å². The van der Waals surface area contributed by atoms with Crippen molar-refractivity contribution in [2.45, 2.75) is 70.4 Å². The van der Waals surface area contributed by atoms with Crippen LogP contribution in [0.25, 0.3) is 0 Å². The first-order valence-corrected chi connectivity index (χ1v) is 8.55. The Balaban J connectivity index is 1.78. The molecule has 0 aromatic carbocycles. The zero-order valence-electron chi connectivity index (χ0n) is 14.2. The standard InChI is InChI=1S/C17H26N4O2/c1-17(2,3)21-14(11-7-8-11)10-13(20-21)16(23)19-12-6-4-5-9-18-15(12)22/h10-12H,4-9H2,1-3H3,(H,18,22)(H,19,23)/t12-/m0/s1. The topological polar surface area (TPSA) is 76.0 Å². The van der Waals surface area contributed by atoms with Crippen LogP contribution in [-0.4, -0.2) is 34.2 Å². The first-order valence-electron chi connectivity index (χ1n) is 8.55. The Morgan fingerprint density at radius 2 is 2.04 bits per heavy atom. The monoisotopic (exact) mass is 318 g/mol. The van der Waals surface area contributed by atoms with Crippen molar-refractivity contribution in [3.63, 3.8) is 0 Å². The van der Waals surface area contributed by atoms with E-state index < -0.39 is 6.04 Å². The molecule has 1 aromatic rings. The van der Waals surface area contributed by atoms with Gasteiger partial charge >= 0.3 is 0 Å². The van der Waals surface area contributed by atoms with E-state index in [0.29, 0.717) is 24.6 Å². The molecule has 2 heterocycles. The minimum atomic E-state index is -0.450. The molecule has 1 atom stereocenters. The van der Waals surface area contributed by atoms with E-state index in [9.17, 15) is 9.59 Å². The van der Waals surface area contributed by atoms with Crippen LogP contribution in [-0.2, 0) is 10.3 Å². The molecule has 2 amide bonds. The smallest absolute Gasteiger partial charge is 0.272 e. The largest absolute Gasteiger partial charge is 0.354 e. The lowest BCUT2D eigenvalue weighted by atomic mass is 10.1. The second-order valence-electron chi connectivity index (χ2n) is 7.62. The molecule has 0 radical (unpaired) electrons. The van der Waals surface area contributed by atoms with Crippen LogP contribution in [0, 0.1) is 0 Å². The maximum absolute atomic E-state index is 12.5. The van der Waals surface area contributed by atoms with E-state index in [0.717, 1.165) is 31.4 Å². The number of hydrogen-bond donors (Lipinski definition) is 2. The Kier molecular flexibility index (Phi) is 4.17. The molecule has 6 heteroatoms. The second kappa shape index (κ2) is 5.98. The van der Waals surface area contributed by atoms with Gasteiger partial charge in [-0.05, 0) is 58.9 Å². The van der Waals surface area contributed by atoms with Gasteiger partial charge in [-0.2, -0.15) is 5.10 Å². The third-order valence-corrected chi connectivity index (χ3v) is 4.44. The number of nitrogens with zero attached hydrogens (tertiary/aromatic N) is 2. The molecule has 1 aliphatic carbocycles. The maximum Gasteiger partial charge on any atom is 0.272 e. The first kappa shape index (κ1) is 16.0. The Morgan fingerprint density at radius 3 is 2.70 bits per heavy atom. The van der Waals surface area contributed by atoms with Crippen molar-refractivity contribution in [2.24, 2.45) is 0 Å². The highest BCUT2D eigenvalue weighted by Crippen LogP contribution is 2.41. The summed E-state index contributed by atoms with van der Waals surface area (Å²) >= 11 is 0. The maximum atomic E-state index is 12.5. The molecule has 3 rings (SSSR count). The van der Waals surface area contributed by atoms with E-state index >= 15 is 0 Å². The third kappa shape index (κ3) is 3.57. The van der Waals surface area contributed by atoms with Gasteiger partial charge in [-0.25, -0.2) is 0 Å². The van der Waals surface area contributed by atoms with E-state index in [4.69, 9.17) is 0 Å². The van der Waals surface area contributed by atoms with Crippen LogP contribution in [0.2, 0.25) is 0 Å². The summed E-state index contributed by atoms with van der Waals surface area (Å²) in [6, 6.07) is 1.45. The lowest BCUT2D eigenvalue weighted by Crippen LogP contribution is -2.45. The first-order chi connectivity index (χ1) is 10.9. The van der Waals surface area contributed by atoms with Gasteiger partial charge < -0.3 is 10.6 Å². The van der Waals surface area contributed by atoms with Crippen molar-refractivity contribution in [2.75, 3.05) is 6.54 Å². The number of carbonyl (C=O) groups is 2. The van der Waals surface area contributed by atoms with Crippen LogP contribution >= 0.6 is 0 Å². The normalized spacial score (nSPS) is 22.4. The number of amides is 2. The quantitative estimate of drug-likeness (QED) is 0.894. The average molecular weight is 318 g/mol. The summed E-state index contributed by atoms with van der Waals surface area (Å²) in [5.41, 5.74) is 1.39. The Bertz CT molecular complexity index is 611. The summed E-state index contributed by atoms with van der Waals surface area (Å²) in [6.07, 6.45) is 4.91. The van der Waals surface area contributed by atoms with Gasteiger partial charge in [-0.1, -0.05) is 0 Å². The fourth-order valence-electron chi connectivity index (χ4n) is 3.02. The van der Waals surface area contributed by atoms with Crippen LogP contribution in [0.3, 0.4) is 0 Å². The summed E-state index contributed by atoms with van der Waals surface area (Å²) < 4.78 is 1.97. The van der Waals surface area contributed by atoms with Crippen molar-refractivity contribution in [1.29, 1.82) is 0 Å². The van der Waals surface area contributed by atoms with Gasteiger partial charge in [0, 0.05) is 18.2 Å². The van der Waals surface area contributed by atoms with Gasteiger partial charge in [0.2, 0.25) is 5.91 Å². The fourth-order valence-corrected chi connectivity index (χ4v) is 3.02. The van der Waals surface area contributed by atoms with Crippen molar-refractivity contribution in [1.82, 2.24) is 20.4 Å². The van der Waals surface area contributed by atoms with Crippen LogP contribution in [0.1, 0.15) is 75.0 Å². The Morgan fingerprint density at radius 1 is 1.30 bits per heavy atom. The molecular formula is C17H26N4O2. The average Bonchev–Trinajstić information content (AvgIpc) is 3.24. The van der Waals surface area contributed by atoms with Crippen LogP contribution in [0.5, 0.6) is 0 Å². The van der Waals surface area contributed by atoms with Gasteiger partial charge in [0.1, 0.15) is 11.7 Å². The van der Waals surface area contributed by atoms with Gasteiger partial charge in [-0.15, -0.1) is 0 Å². The lowest BCUT2D eigenvalue weighted by molar-refractivity contribution is -0.122. The highest BCUT2D eigenvalue weighted by atomic mass is 16.2. The molecule has 0 spiro atoms. The minimum Gasteiger partial charge on any atom is -0.354 e. The molecular weight excluding hydrogens is 292 g/mol. The van der Waals surface area contributed by atoms with E-state index in [1.807, 2.05) is 10.7 Å². The Hall–Kier alpha value is -1.85. The van der Waals surface area contributed by atoms with Crippen molar-refractivity contribution < 1.29 is 9.59 Å². The summed E-state index contributed by atoms with van der Waals surface area (Å²) in [7, 11) is 0. The number of nitrogens with one attached hydrogen (secondary N) is 2. The zero-order chi connectivity index (χ0) is 16.6. The molecule has 2 N–H and O–H groups in total. The predicted molar refractivity (Wildman–Crippen MR) is 87.3 cm³/mol. The van der Waals surface area contributed by atoms with Crippen molar-refractivity contribution >= 4 is 11.8 Å². The summed E-state index contributed by atoms with van der Waals surface area (Å²) in [5, 5.41) is 10.2. The van der Waals surface area contributed by atoms with Crippen LogP contribution in [0.15, 0.2) is 6.07 Å². The van der Waals surface area contributed by atoms with E-state index in [-0.39, 0.29) is 17.4 Å². The van der Waals surface area contributed by atoms with E-state index in [1.165, 1.54) is 0 Å². The zero-order valence-corrected chi connectivity index (χ0v) is 14.2. The van der Waals surface area contributed by atoms with Crippen LogP contribution < -0.4 is 10.6 Å². The molecule has 1 aromatic heterocycles. The number of carbonyl (C=O) groups excluding carboxylic acids is 2.